The quantitative estimate of drug-likeness (QED) is 0.795. The number of hydrogen-bond donors (Lipinski definition) is 1. The van der Waals surface area contributed by atoms with Crippen LogP contribution in [0.15, 0.2) is 17.0 Å². The molecule has 1 rings (SSSR count). The summed E-state index contributed by atoms with van der Waals surface area (Å²) in [5.74, 6) is -0.523. The molecule has 1 aromatic rings. The second-order valence-electron chi connectivity index (χ2n) is 4.80. The minimum atomic E-state index is -4.08. The van der Waals surface area contributed by atoms with Crippen LogP contribution < -0.4 is 5.14 Å². The monoisotopic (exact) mass is 353 g/mol. The van der Waals surface area contributed by atoms with Gasteiger partial charge in [0.2, 0.25) is 10.0 Å². The van der Waals surface area contributed by atoms with E-state index >= 15 is 0 Å². The highest BCUT2D eigenvalue weighted by molar-refractivity contribution is 7.89. The number of benzene rings is 1. The van der Waals surface area contributed by atoms with Crippen LogP contribution in [-0.2, 0) is 14.8 Å². The zero-order chi connectivity index (χ0) is 16.2. The molecular formula is C13H17Cl2NO4S. The maximum Gasteiger partial charge on any atom is 0.339 e. The average Bonchev–Trinajstić information content (AvgIpc) is 2.37. The number of carbonyl (C=O) groups excluding carboxylic acids is 1. The molecule has 0 fully saturated rings. The number of carbonyl (C=O) groups is 1. The molecule has 0 aliphatic carbocycles. The lowest BCUT2D eigenvalue weighted by Crippen LogP contribution is -2.16. The number of halogens is 2. The fourth-order valence-electron chi connectivity index (χ4n) is 1.79. The van der Waals surface area contributed by atoms with Gasteiger partial charge in [-0.15, -0.1) is 0 Å². The van der Waals surface area contributed by atoms with Crippen LogP contribution in [0.3, 0.4) is 0 Å². The number of rotatable bonds is 6. The largest absolute Gasteiger partial charge is 0.462 e. The van der Waals surface area contributed by atoms with E-state index in [-0.39, 0.29) is 28.1 Å². The zero-order valence-electron chi connectivity index (χ0n) is 11.7. The van der Waals surface area contributed by atoms with Gasteiger partial charge < -0.3 is 4.74 Å². The molecule has 8 heteroatoms. The Hall–Kier alpha value is -0.820. The molecule has 0 spiro atoms. The fourth-order valence-corrected chi connectivity index (χ4v) is 3.23. The summed E-state index contributed by atoms with van der Waals surface area (Å²) >= 11 is 11.7. The highest BCUT2D eigenvalue weighted by Crippen LogP contribution is 2.29. The van der Waals surface area contributed by atoms with Crippen LogP contribution >= 0.6 is 23.2 Å². The van der Waals surface area contributed by atoms with Gasteiger partial charge in [0, 0.05) is 5.02 Å². The number of esters is 1. The van der Waals surface area contributed by atoms with E-state index in [1.807, 2.05) is 13.8 Å². The Kier molecular flexibility index (Phi) is 6.46. The average molecular weight is 354 g/mol. The number of sulfonamides is 1. The molecule has 1 atom stereocenters. The Balaban J connectivity index is 3.03. The minimum Gasteiger partial charge on any atom is -0.462 e. The number of primary sulfonamides is 1. The lowest BCUT2D eigenvalue weighted by molar-refractivity contribution is 0.0443. The second kappa shape index (κ2) is 7.45. The van der Waals surface area contributed by atoms with Crippen molar-refractivity contribution >= 4 is 39.2 Å². The van der Waals surface area contributed by atoms with E-state index in [2.05, 4.69) is 0 Å². The summed E-state index contributed by atoms with van der Waals surface area (Å²) in [6.45, 7) is 4.21. The number of hydrogen-bond acceptors (Lipinski definition) is 4. The SMILES string of the molecule is CCCC(C)COC(=O)c1cc(Cl)cc(S(N)(=O)=O)c1Cl. The summed E-state index contributed by atoms with van der Waals surface area (Å²) in [4.78, 5) is 11.6. The van der Waals surface area contributed by atoms with Crippen LogP contribution in [0.25, 0.3) is 0 Å². The molecule has 0 amide bonds. The molecular weight excluding hydrogens is 337 g/mol. The van der Waals surface area contributed by atoms with Crippen molar-refractivity contribution in [2.24, 2.45) is 11.1 Å². The van der Waals surface area contributed by atoms with Crippen molar-refractivity contribution in [1.82, 2.24) is 0 Å². The highest BCUT2D eigenvalue weighted by atomic mass is 35.5. The van der Waals surface area contributed by atoms with Crippen molar-refractivity contribution in [2.75, 3.05) is 6.61 Å². The van der Waals surface area contributed by atoms with Crippen molar-refractivity contribution < 1.29 is 17.9 Å². The maximum absolute atomic E-state index is 12.0. The molecule has 0 aromatic heterocycles. The molecule has 0 aliphatic heterocycles. The summed E-state index contributed by atoms with van der Waals surface area (Å²) in [6, 6.07) is 2.35. The van der Waals surface area contributed by atoms with Gasteiger partial charge in [-0.1, -0.05) is 43.5 Å². The summed E-state index contributed by atoms with van der Waals surface area (Å²) < 4.78 is 28.0. The molecule has 0 heterocycles. The minimum absolute atomic E-state index is 0.0389. The lowest BCUT2D eigenvalue weighted by atomic mass is 10.1. The van der Waals surface area contributed by atoms with Crippen LogP contribution in [0.1, 0.15) is 37.0 Å². The molecule has 5 nitrogen and oxygen atoms in total. The van der Waals surface area contributed by atoms with Crippen LogP contribution in [0.5, 0.6) is 0 Å². The van der Waals surface area contributed by atoms with E-state index in [1.165, 1.54) is 6.07 Å². The smallest absolute Gasteiger partial charge is 0.339 e. The highest BCUT2D eigenvalue weighted by Gasteiger charge is 2.22. The lowest BCUT2D eigenvalue weighted by Gasteiger charge is -2.12. The van der Waals surface area contributed by atoms with Gasteiger partial charge in [0.1, 0.15) is 4.90 Å². The van der Waals surface area contributed by atoms with Gasteiger partial charge in [-0.25, -0.2) is 18.4 Å². The van der Waals surface area contributed by atoms with Crippen molar-refractivity contribution in [2.45, 2.75) is 31.6 Å². The predicted octanol–water partition coefficient (Wildman–Crippen LogP) is 3.23. The first-order valence-electron chi connectivity index (χ1n) is 6.35. The fraction of sp³-hybridized carbons (Fsp3) is 0.462. The molecule has 0 aliphatic rings. The van der Waals surface area contributed by atoms with Crippen molar-refractivity contribution in [3.63, 3.8) is 0 Å². The molecule has 2 N–H and O–H groups in total. The molecule has 21 heavy (non-hydrogen) atoms. The van der Waals surface area contributed by atoms with Crippen LogP contribution in [0.2, 0.25) is 10.0 Å². The Morgan fingerprint density at radius 2 is 2.00 bits per heavy atom. The van der Waals surface area contributed by atoms with E-state index in [1.54, 1.807) is 0 Å². The summed E-state index contributed by atoms with van der Waals surface area (Å²) in [6.07, 6.45) is 1.89. The topological polar surface area (TPSA) is 86.5 Å². The van der Waals surface area contributed by atoms with E-state index in [4.69, 9.17) is 33.1 Å². The van der Waals surface area contributed by atoms with Crippen LogP contribution in [0.4, 0.5) is 0 Å². The molecule has 0 bridgehead atoms. The van der Waals surface area contributed by atoms with Gasteiger partial charge in [0.15, 0.2) is 0 Å². The number of ether oxygens (including phenoxy) is 1. The Morgan fingerprint density at radius 1 is 1.38 bits per heavy atom. The van der Waals surface area contributed by atoms with E-state index in [0.717, 1.165) is 18.9 Å². The zero-order valence-corrected chi connectivity index (χ0v) is 14.1. The van der Waals surface area contributed by atoms with Crippen molar-refractivity contribution in [3.05, 3.63) is 27.7 Å². The molecule has 0 radical (unpaired) electrons. The number of nitrogens with two attached hydrogens (primary N) is 1. The van der Waals surface area contributed by atoms with Gasteiger partial charge >= 0.3 is 5.97 Å². The van der Waals surface area contributed by atoms with Crippen molar-refractivity contribution in [1.29, 1.82) is 0 Å². The third-order valence-corrected chi connectivity index (χ3v) is 4.48. The Bertz CT molecular complexity index is 631. The van der Waals surface area contributed by atoms with Gasteiger partial charge in [0.05, 0.1) is 17.2 Å². The van der Waals surface area contributed by atoms with E-state index in [9.17, 15) is 13.2 Å². The molecule has 0 saturated heterocycles. The summed E-state index contributed by atoms with van der Waals surface area (Å²) in [7, 11) is -4.08. The Labute approximate surface area is 134 Å². The molecule has 0 saturated carbocycles. The van der Waals surface area contributed by atoms with Crippen molar-refractivity contribution in [3.8, 4) is 0 Å². The third-order valence-electron chi connectivity index (χ3n) is 2.81. The van der Waals surface area contributed by atoms with E-state index in [0.29, 0.717) is 0 Å². The first kappa shape index (κ1) is 18.2. The van der Waals surface area contributed by atoms with Gasteiger partial charge in [-0.3, -0.25) is 0 Å². The molecule has 1 unspecified atom stereocenters. The standard InChI is InChI=1S/C13H17Cl2NO4S/c1-3-4-8(2)7-20-13(17)10-5-9(14)6-11(12(10)15)21(16,18)19/h5-6,8H,3-4,7H2,1-2H3,(H2,16,18,19). The third kappa shape index (κ3) is 5.14. The first-order chi connectivity index (χ1) is 9.66. The van der Waals surface area contributed by atoms with Crippen LogP contribution in [-0.4, -0.2) is 21.0 Å². The second-order valence-corrected chi connectivity index (χ2v) is 7.15. The van der Waals surface area contributed by atoms with Gasteiger partial charge in [-0.2, -0.15) is 0 Å². The maximum atomic E-state index is 12.0. The predicted molar refractivity (Wildman–Crippen MR) is 82.2 cm³/mol. The van der Waals surface area contributed by atoms with Gasteiger partial charge in [0.25, 0.3) is 0 Å². The summed E-state index contributed by atoms with van der Waals surface area (Å²) in [5, 5.41) is 4.79. The molecule has 118 valence electrons. The summed E-state index contributed by atoms with van der Waals surface area (Å²) in [5.41, 5.74) is -0.114. The van der Waals surface area contributed by atoms with Gasteiger partial charge in [-0.05, 0) is 24.5 Å². The van der Waals surface area contributed by atoms with Crippen LogP contribution in [0, 0.1) is 5.92 Å². The van der Waals surface area contributed by atoms with E-state index < -0.39 is 20.9 Å². The Morgan fingerprint density at radius 3 is 2.52 bits per heavy atom. The molecule has 1 aromatic carbocycles. The normalized spacial score (nSPS) is 13.0. The first-order valence-corrected chi connectivity index (χ1v) is 8.66.